The summed E-state index contributed by atoms with van der Waals surface area (Å²) in [6, 6.07) is 0. The lowest BCUT2D eigenvalue weighted by Crippen LogP contribution is -2.63. The number of hydrogen-bond acceptors (Lipinski definition) is 1. The highest BCUT2D eigenvalue weighted by Crippen LogP contribution is 2.73. The lowest BCUT2D eigenvalue weighted by Gasteiger charge is -2.67. The Hall–Kier alpha value is 0.200. The first-order chi connectivity index (χ1) is 4.54. The summed E-state index contributed by atoms with van der Waals surface area (Å²) in [5.74, 6) is -0.627. The second-order valence-electron chi connectivity index (χ2n) is 3.75. The molecule has 1 N–H and O–H groups in total. The van der Waals surface area contributed by atoms with Gasteiger partial charge in [-0.3, -0.25) is 4.79 Å². The summed E-state index contributed by atoms with van der Waals surface area (Å²) in [6.45, 7) is 0. The molecule has 56 valence electrons. The average Bonchev–Trinajstić information content (AvgIpc) is 1.56. The highest BCUT2D eigenvalue weighted by molar-refractivity contribution is 14.1. The molecule has 0 radical (unpaired) electrons. The van der Waals surface area contributed by atoms with Crippen molar-refractivity contribution < 1.29 is 9.90 Å². The van der Waals surface area contributed by atoms with Crippen LogP contribution in [0, 0.1) is 5.41 Å². The Labute approximate surface area is 73.1 Å². The number of carboxylic acids is 1. The van der Waals surface area contributed by atoms with Gasteiger partial charge in [0.25, 0.3) is 0 Å². The number of hydrogen-bond donors (Lipinski definition) is 1. The van der Waals surface area contributed by atoms with Crippen molar-refractivity contribution in [3.8, 4) is 0 Å². The van der Waals surface area contributed by atoms with Gasteiger partial charge in [-0.05, 0) is 24.7 Å². The van der Waals surface area contributed by atoms with Crippen LogP contribution in [0.1, 0.15) is 25.7 Å². The van der Waals surface area contributed by atoms with Crippen molar-refractivity contribution in [3.63, 3.8) is 0 Å². The zero-order chi connectivity index (χ0) is 7.41. The topological polar surface area (TPSA) is 37.3 Å². The molecule has 3 aliphatic rings. The maximum atomic E-state index is 10.3. The van der Waals surface area contributed by atoms with E-state index >= 15 is 0 Å². The molecular weight excluding hydrogens is 243 g/mol. The van der Waals surface area contributed by atoms with Gasteiger partial charge in [-0.15, -0.1) is 0 Å². The van der Waals surface area contributed by atoms with Gasteiger partial charge in [0.2, 0.25) is 0 Å². The first-order valence-corrected chi connectivity index (χ1v) is 4.52. The number of carboxylic acid groups (broad SMARTS) is 1. The molecule has 2 nitrogen and oxygen atoms in total. The van der Waals surface area contributed by atoms with E-state index in [0.717, 1.165) is 19.3 Å². The molecule has 3 aliphatic carbocycles. The van der Waals surface area contributed by atoms with Gasteiger partial charge < -0.3 is 5.11 Å². The molecule has 0 aromatic heterocycles. The van der Waals surface area contributed by atoms with E-state index in [-0.39, 0.29) is 5.41 Å². The third-order valence-electron chi connectivity index (χ3n) is 2.60. The molecule has 0 unspecified atom stereocenters. The molecule has 10 heavy (non-hydrogen) atoms. The third kappa shape index (κ3) is 0.790. The van der Waals surface area contributed by atoms with Crippen molar-refractivity contribution >= 4 is 28.6 Å². The quantitative estimate of drug-likeness (QED) is 0.601. The zero-order valence-corrected chi connectivity index (χ0v) is 7.72. The van der Waals surface area contributed by atoms with Crippen molar-refractivity contribution in [2.75, 3.05) is 0 Å². The summed E-state index contributed by atoms with van der Waals surface area (Å²) >= 11 is 2.46. The monoisotopic (exact) mass is 252 g/mol. The van der Waals surface area contributed by atoms with Crippen molar-refractivity contribution in [1.82, 2.24) is 0 Å². The fourth-order valence-electron chi connectivity index (χ4n) is 2.37. The number of rotatable bonds is 2. The SMILES string of the molecule is O=C(O)CC12CC(I)(C1)C2. The van der Waals surface area contributed by atoms with E-state index in [4.69, 9.17) is 5.11 Å². The maximum Gasteiger partial charge on any atom is 0.303 e. The summed E-state index contributed by atoms with van der Waals surface area (Å²) < 4.78 is 0.521. The summed E-state index contributed by atoms with van der Waals surface area (Å²) in [5.41, 5.74) is 0.243. The molecular formula is C7H9IO2. The molecule has 0 amide bonds. The fourth-order valence-corrected chi connectivity index (χ4v) is 4.80. The molecule has 2 bridgehead atoms. The van der Waals surface area contributed by atoms with Crippen LogP contribution in [0.3, 0.4) is 0 Å². The van der Waals surface area contributed by atoms with E-state index in [1.807, 2.05) is 0 Å². The van der Waals surface area contributed by atoms with Crippen molar-refractivity contribution in [2.45, 2.75) is 29.1 Å². The molecule has 3 heteroatoms. The molecule has 0 saturated heterocycles. The summed E-state index contributed by atoms with van der Waals surface area (Å²) in [4.78, 5) is 10.3. The van der Waals surface area contributed by atoms with Gasteiger partial charge in [0.05, 0.1) is 6.42 Å². The van der Waals surface area contributed by atoms with Crippen LogP contribution in [0.4, 0.5) is 0 Å². The minimum atomic E-state index is -0.627. The largest absolute Gasteiger partial charge is 0.481 e. The standard InChI is InChI=1S/C7H9IO2/c8-7-2-6(3-7,4-7)1-5(9)10/h1-4H2,(H,9,10). The molecule has 0 aliphatic heterocycles. The Morgan fingerprint density at radius 3 is 2.30 bits per heavy atom. The van der Waals surface area contributed by atoms with Crippen molar-refractivity contribution in [1.29, 1.82) is 0 Å². The van der Waals surface area contributed by atoms with Crippen LogP contribution in [-0.2, 0) is 4.79 Å². The smallest absolute Gasteiger partial charge is 0.303 e. The molecule has 3 rings (SSSR count). The van der Waals surface area contributed by atoms with Gasteiger partial charge >= 0.3 is 5.97 Å². The first kappa shape index (κ1) is 6.88. The Morgan fingerprint density at radius 1 is 1.50 bits per heavy atom. The average molecular weight is 252 g/mol. The van der Waals surface area contributed by atoms with E-state index in [9.17, 15) is 4.79 Å². The first-order valence-electron chi connectivity index (χ1n) is 3.45. The van der Waals surface area contributed by atoms with Crippen LogP contribution in [0.5, 0.6) is 0 Å². The van der Waals surface area contributed by atoms with Crippen LogP contribution < -0.4 is 0 Å². The lowest BCUT2D eigenvalue weighted by atomic mass is 9.43. The minimum absolute atomic E-state index is 0.243. The van der Waals surface area contributed by atoms with Crippen LogP contribution in [-0.4, -0.2) is 14.5 Å². The highest BCUT2D eigenvalue weighted by atomic mass is 127. The summed E-state index contributed by atoms with van der Waals surface area (Å²) in [5, 5.41) is 8.52. The number of alkyl halides is 1. The highest BCUT2D eigenvalue weighted by Gasteiger charge is 2.66. The third-order valence-corrected chi connectivity index (χ3v) is 3.75. The van der Waals surface area contributed by atoms with Crippen LogP contribution in [0.15, 0.2) is 0 Å². The predicted octanol–water partition coefficient (Wildman–Crippen LogP) is 1.82. The van der Waals surface area contributed by atoms with Crippen LogP contribution in [0.25, 0.3) is 0 Å². The Bertz CT molecular complexity index is 180. The van der Waals surface area contributed by atoms with E-state index in [1.54, 1.807) is 0 Å². The van der Waals surface area contributed by atoms with Gasteiger partial charge in [-0.1, -0.05) is 22.6 Å². The summed E-state index contributed by atoms with van der Waals surface area (Å²) in [7, 11) is 0. The van der Waals surface area contributed by atoms with E-state index in [2.05, 4.69) is 22.6 Å². The van der Waals surface area contributed by atoms with E-state index < -0.39 is 5.97 Å². The Morgan fingerprint density at radius 2 is 2.00 bits per heavy atom. The van der Waals surface area contributed by atoms with Gasteiger partial charge in [-0.25, -0.2) is 0 Å². The lowest BCUT2D eigenvalue weighted by molar-refractivity contribution is -0.150. The van der Waals surface area contributed by atoms with Gasteiger partial charge in [0, 0.05) is 3.42 Å². The van der Waals surface area contributed by atoms with Gasteiger partial charge in [-0.2, -0.15) is 0 Å². The van der Waals surface area contributed by atoms with E-state index in [1.165, 1.54) is 0 Å². The molecule has 0 heterocycles. The molecule has 0 spiro atoms. The normalized spacial score (nSPS) is 49.3. The molecule has 3 saturated carbocycles. The minimum Gasteiger partial charge on any atom is -0.481 e. The number of halogens is 1. The second-order valence-corrected chi connectivity index (χ2v) is 6.04. The van der Waals surface area contributed by atoms with Gasteiger partial charge in [0.15, 0.2) is 0 Å². The number of aliphatic carboxylic acids is 1. The van der Waals surface area contributed by atoms with Crippen LogP contribution >= 0.6 is 22.6 Å². The Kier molecular flexibility index (Phi) is 1.15. The fraction of sp³-hybridized carbons (Fsp3) is 0.857. The molecule has 0 aromatic rings. The van der Waals surface area contributed by atoms with E-state index in [0.29, 0.717) is 9.84 Å². The van der Waals surface area contributed by atoms with Crippen molar-refractivity contribution in [3.05, 3.63) is 0 Å². The van der Waals surface area contributed by atoms with Crippen LogP contribution in [0.2, 0.25) is 0 Å². The second kappa shape index (κ2) is 1.68. The predicted molar refractivity (Wildman–Crippen MR) is 45.3 cm³/mol. The van der Waals surface area contributed by atoms with Crippen molar-refractivity contribution in [2.24, 2.45) is 5.41 Å². The molecule has 3 fully saturated rings. The maximum absolute atomic E-state index is 10.3. The zero-order valence-electron chi connectivity index (χ0n) is 5.56. The van der Waals surface area contributed by atoms with Gasteiger partial charge in [0.1, 0.15) is 0 Å². The molecule has 0 atom stereocenters. The molecule has 0 aromatic carbocycles. The summed E-state index contributed by atoms with van der Waals surface area (Å²) in [6.07, 6.45) is 3.84. The Balaban J connectivity index is 1.93. The number of carbonyl (C=O) groups is 1.